The third-order valence-electron chi connectivity index (χ3n) is 4.73. The van der Waals surface area contributed by atoms with Gasteiger partial charge in [0, 0.05) is 24.0 Å². The zero-order valence-corrected chi connectivity index (χ0v) is 11.7. The Morgan fingerprint density at radius 1 is 1.26 bits per heavy atom. The fraction of sp³-hybridized carbons (Fsp3) is 0.533. The Morgan fingerprint density at radius 2 is 2.11 bits per heavy atom. The lowest BCUT2D eigenvalue weighted by Gasteiger charge is -2.47. The van der Waals surface area contributed by atoms with Crippen LogP contribution in [0.25, 0.3) is 0 Å². The summed E-state index contributed by atoms with van der Waals surface area (Å²) in [6, 6.07) is 9.05. The molecule has 0 aliphatic carbocycles. The van der Waals surface area contributed by atoms with Crippen LogP contribution in [0.1, 0.15) is 24.0 Å². The average Bonchev–Trinajstić information content (AvgIpc) is 2.91. The molecule has 4 aliphatic heterocycles. The van der Waals surface area contributed by atoms with E-state index in [0.29, 0.717) is 6.04 Å². The van der Waals surface area contributed by atoms with Gasteiger partial charge < -0.3 is 4.90 Å². The van der Waals surface area contributed by atoms with E-state index in [4.69, 9.17) is 5.26 Å². The molecule has 3 nitrogen and oxygen atoms in total. The summed E-state index contributed by atoms with van der Waals surface area (Å²) in [6.45, 7) is 4.87. The topological polar surface area (TPSA) is 30.3 Å². The Labute approximate surface area is 118 Å². The van der Waals surface area contributed by atoms with Crippen LogP contribution in [0.4, 0.5) is 0 Å². The molecule has 4 heteroatoms. The van der Waals surface area contributed by atoms with Crippen molar-refractivity contribution in [2.24, 2.45) is 5.92 Å². The average molecular weight is 271 g/mol. The van der Waals surface area contributed by atoms with E-state index in [1.54, 1.807) is 0 Å². The molecule has 1 atom stereocenters. The summed E-state index contributed by atoms with van der Waals surface area (Å²) >= 11 is 1.87. The van der Waals surface area contributed by atoms with Gasteiger partial charge in [0.2, 0.25) is 0 Å². The second kappa shape index (κ2) is 4.52. The van der Waals surface area contributed by atoms with Crippen LogP contribution in [-0.2, 0) is 6.54 Å². The van der Waals surface area contributed by atoms with E-state index in [1.165, 1.54) is 42.9 Å². The van der Waals surface area contributed by atoms with Crippen LogP contribution < -0.4 is 0 Å². The summed E-state index contributed by atoms with van der Waals surface area (Å²) in [6.07, 6.45) is 2.73. The van der Waals surface area contributed by atoms with Gasteiger partial charge in [-0.05, 0) is 61.5 Å². The number of hydrogen-bond donors (Lipinski definition) is 0. The summed E-state index contributed by atoms with van der Waals surface area (Å²) in [5, 5.41) is 8.99. The minimum Gasteiger partial charge on any atom is -0.302 e. The molecule has 1 aromatic carbocycles. The van der Waals surface area contributed by atoms with Crippen LogP contribution in [0, 0.1) is 17.2 Å². The minimum absolute atomic E-state index is 0.699. The Hall–Kier alpha value is -1.02. The van der Waals surface area contributed by atoms with Gasteiger partial charge in [0.05, 0.1) is 11.6 Å². The monoisotopic (exact) mass is 271 g/mol. The van der Waals surface area contributed by atoms with Gasteiger partial charge in [-0.25, -0.2) is 4.31 Å². The maximum atomic E-state index is 8.99. The molecule has 98 valence electrons. The number of nitriles is 1. The first-order chi connectivity index (χ1) is 9.33. The molecule has 3 saturated heterocycles. The van der Waals surface area contributed by atoms with E-state index >= 15 is 0 Å². The molecule has 5 rings (SSSR count). The van der Waals surface area contributed by atoms with E-state index in [0.717, 1.165) is 18.0 Å². The zero-order chi connectivity index (χ0) is 12.8. The first kappa shape index (κ1) is 11.8. The smallest absolute Gasteiger partial charge is 0.0992 e. The maximum Gasteiger partial charge on any atom is 0.0992 e. The Bertz CT molecular complexity index is 543. The summed E-state index contributed by atoms with van der Waals surface area (Å²) in [5.41, 5.74) is 2.17. The summed E-state index contributed by atoms with van der Waals surface area (Å²) in [4.78, 5) is 3.89. The number of fused-ring (bicyclic) bond motifs is 4. The summed E-state index contributed by atoms with van der Waals surface area (Å²) in [5.74, 6) is 0.877. The lowest BCUT2D eigenvalue weighted by molar-refractivity contribution is 0.0420. The van der Waals surface area contributed by atoms with E-state index < -0.39 is 0 Å². The molecule has 0 saturated carbocycles. The highest BCUT2D eigenvalue weighted by Gasteiger charge is 2.39. The van der Waals surface area contributed by atoms with E-state index in [-0.39, 0.29) is 0 Å². The van der Waals surface area contributed by atoms with Crippen molar-refractivity contribution in [3.63, 3.8) is 0 Å². The van der Waals surface area contributed by atoms with Crippen LogP contribution in [0.3, 0.4) is 0 Å². The molecule has 1 aromatic rings. The largest absolute Gasteiger partial charge is 0.302 e. The summed E-state index contributed by atoms with van der Waals surface area (Å²) < 4.78 is 2.56. The lowest BCUT2D eigenvalue weighted by atomic mass is 9.84. The van der Waals surface area contributed by atoms with Crippen LogP contribution in [-0.4, -0.2) is 34.9 Å². The Kier molecular flexibility index (Phi) is 2.80. The van der Waals surface area contributed by atoms with Crippen molar-refractivity contribution in [1.82, 2.24) is 9.21 Å². The second-order valence-electron chi connectivity index (χ2n) is 5.81. The first-order valence-electron chi connectivity index (χ1n) is 7.03. The first-order valence-corrected chi connectivity index (χ1v) is 7.81. The molecule has 0 aromatic heterocycles. The predicted octanol–water partition coefficient (Wildman–Crippen LogP) is 2.48. The van der Waals surface area contributed by atoms with Gasteiger partial charge in [0.15, 0.2) is 0 Å². The van der Waals surface area contributed by atoms with Gasteiger partial charge in [-0.15, -0.1) is 0 Å². The third-order valence-corrected chi connectivity index (χ3v) is 5.94. The van der Waals surface area contributed by atoms with Gasteiger partial charge in [-0.2, -0.15) is 5.26 Å². The molecule has 3 fully saturated rings. The van der Waals surface area contributed by atoms with Crippen LogP contribution in [0.15, 0.2) is 23.1 Å². The number of piperidine rings is 3. The molecule has 2 bridgehead atoms. The number of benzene rings is 1. The van der Waals surface area contributed by atoms with Gasteiger partial charge in [-0.3, -0.25) is 0 Å². The van der Waals surface area contributed by atoms with Crippen LogP contribution >= 0.6 is 11.9 Å². The zero-order valence-electron chi connectivity index (χ0n) is 10.9. The predicted molar refractivity (Wildman–Crippen MR) is 75.5 cm³/mol. The molecule has 4 heterocycles. The van der Waals surface area contributed by atoms with Crippen molar-refractivity contribution in [2.45, 2.75) is 30.3 Å². The van der Waals surface area contributed by atoms with Crippen molar-refractivity contribution >= 4 is 11.9 Å². The molecule has 0 amide bonds. The third kappa shape index (κ3) is 1.97. The fourth-order valence-electron chi connectivity index (χ4n) is 3.61. The van der Waals surface area contributed by atoms with E-state index in [2.05, 4.69) is 21.3 Å². The molecule has 4 aliphatic rings. The normalized spacial score (nSPS) is 33.1. The highest BCUT2D eigenvalue weighted by Crippen LogP contribution is 2.42. The minimum atomic E-state index is 0.699. The lowest BCUT2D eigenvalue weighted by Crippen LogP contribution is -2.54. The van der Waals surface area contributed by atoms with Crippen molar-refractivity contribution in [3.8, 4) is 6.07 Å². The van der Waals surface area contributed by atoms with Crippen LogP contribution in [0.5, 0.6) is 0 Å². The van der Waals surface area contributed by atoms with Gasteiger partial charge in [0.25, 0.3) is 0 Å². The molecule has 0 N–H and O–H groups in total. The molecular formula is C15H17N3S. The highest BCUT2D eigenvalue weighted by molar-refractivity contribution is 7.97. The van der Waals surface area contributed by atoms with Crippen molar-refractivity contribution in [2.75, 3.05) is 19.6 Å². The number of nitrogens with zero attached hydrogens (tertiary/aromatic N) is 3. The Balaban J connectivity index is 1.55. The second-order valence-corrected chi connectivity index (χ2v) is 6.90. The standard InChI is InChI=1S/C15H17N3S/c16-8-11-1-2-13-9-18(19-15(13)7-11)14-10-17-5-3-12(14)4-6-17/h1-2,7,12,14H,3-6,9-10H2/t14-/m1/s1. The van der Waals surface area contributed by atoms with Crippen molar-refractivity contribution in [1.29, 1.82) is 5.26 Å². The fourth-order valence-corrected chi connectivity index (χ4v) is 4.87. The molecule has 0 radical (unpaired) electrons. The van der Waals surface area contributed by atoms with Crippen molar-refractivity contribution in [3.05, 3.63) is 29.3 Å². The maximum absolute atomic E-state index is 8.99. The van der Waals surface area contributed by atoms with Crippen molar-refractivity contribution < 1.29 is 0 Å². The van der Waals surface area contributed by atoms with Crippen LogP contribution in [0.2, 0.25) is 0 Å². The van der Waals surface area contributed by atoms with Gasteiger partial charge in [-0.1, -0.05) is 6.07 Å². The van der Waals surface area contributed by atoms with E-state index in [1.807, 2.05) is 24.1 Å². The highest BCUT2D eigenvalue weighted by atomic mass is 32.2. The van der Waals surface area contributed by atoms with E-state index in [9.17, 15) is 0 Å². The SMILES string of the molecule is N#Cc1ccc2c(c1)SN([C@@H]1CN3CCC1CC3)C2. The quantitative estimate of drug-likeness (QED) is 0.734. The van der Waals surface area contributed by atoms with Gasteiger partial charge in [0.1, 0.15) is 0 Å². The summed E-state index contributed by atoms with van der Waals surface area (Å²) in [7, 11) is 0. The number of hydrogen-bond acceptors (Lipinski definition) is 4. The Morgan fingerprint density at radius 3 is 2.79 bits per heavy atom. The van der Waals surface area contributed by atoms with Gasteiger partial charge >= 0.3 is 0 Å². The number of rotatable bonds is 1. The molecule has 19 heavy (non-hydrogen) atoms. The molecule has 0 spiro atoms. The molecule has 0 unspecified atom stereocenters. The molecular weight excluding hydrogens is 254 g/mol.